The predicted molar refractivity (Wildman–Crippen MR) is 42.1 cm³/mol. The number of rotatable bonds is 2. The second-order valence-corrected chi connectivity index (χ2v) is 10.4. The summed E-state index contributed by atoms with van der Waals surface area (Å²) < 4.78 is 0. The third kappa shape index (κ3) is 43.1. The molecule has 0 N–H and O–H groups in total. The monoisotopic (exact) mass is 273 g/mol. The first kappa shape index (κ1) is 13.2. The Morgan fingerprint density at radius 2 is 1.22 bits per heavy atom. The van der Waals surface area contributed by atoms with Gasteiger partial charge < -0.3 is 13.8 Å². The van der Waals surface area contributed by atoms with Crippen LogP contribution < -0.4 is 0 Å². The maximum absolute atomic E-state index is 4.98. The van der Waals surface area contributed by atoms with E-state index in [1.807, 2.05) is 0 Å². The molecule has 9 heavy (non-hydrogen) atoms. The molecule has 0 radical (unpaired) electrons. The fourth-order valence-corrected chi connectivity index (χ4v) is 0.177. The minimum atomic E-state index is -1.94. The summed E-state index contributed by atoms with van der Waals surface area (Å²) in [5.41, 5.74) is 0. The van der Waals surface area contributed by atoms with Crippen LogP contribution in [0.5, 0.6) is 0 Å². The Labute approximate surface area is 75.2 Å². The van der Waals surface area contributed by atoms with Gasteiger partial charge in [0.05, 0.1) is 0 Å². The molecule has 0 saturated carbocycles. The van der Waals surface area contributed by atoms with E-state index in [-0.39, 0.29) is 0 Å². The zero-order chi connectivity index (χ0) is 7.70. The number of halogens is 3. The minimum absolute atomic E-state index is 1.03. The molecule has 0 nitrogen and oxygen atoms in total. The molecule has 0 aliphatic rings. The molecule has 0 aromatic heterocycles. The van der Waals surface area contributed by atoms with Crippen LogP contribution in [0.3, 0.4) is 0 Å². The Hall–Kier alpha value is 1.56. The van der Waals surface area contributed by atoms with Crippen molar-refractivity contribution in [1.29, 1.82) is 0 Å². The van der Waals surface area contributed by atoms with Gasteiger partial charge in [0.2, 0.25) is 0 Å². The van der Waals surface area contributed by atoms with E-state index in [9.17, 15) is 0 Å². The third-order valence-electron chi connectivity index (χ3n) is 0.500. The van der Waals surface area contributed by atoms with Crippen LogP contribution in [0.1, 0.15) is 19.3 Å². The molecule has 4 heteroatoms. The van der Waals surface area contributed by atoms with Crippen molar-refractivity contribution in [1.82, 2.24) is 0 Å². The summed E-state index contributed by atoms with van der Waals surface area (Å²) in [6.45, 7) is 7.27. The van der Waals surface area contributed by atoms with E-state index >= 15 is 0 Å². The normalized spacial score (nSPS) is 8.67. The quantitative estimate of drug-likeness (QED) is 0.528. The zero-order valence-electron chi connectivity index (χ0n) is 5.08. The molecule has 0 amide bonds. The average Bonchev–Trinajstić information content (AvgIpc) is 1.66. The van der Waals surface area contributed by atoms with Crippen molar-refractivity contribution in [3.63, 3.8) is 0 Å². The fourth-order valence-electron chi connectivity index (χ4n) is 0.177. The van der Waals surface area contributed by atoms with Gasteiger partial charge in [-0.1, -0.05) is 0 Å². The van der Waals surface area contributed by atoms with E-state index < -0.39 is 14.2 Å². The van der Waals surface area contributed by atoms with Crippen LogP contribution in [-0.2, 0) is 14.2 Å². The van der Waals surface area contributed by atoms with Gasteiger partial charge >= 0.3 is 42.4 Å². The van der Waals surface area contributed by atoms with E-state index in [2.05, 4.69) is 13.8 Å². The molecule has 0 aromatic carbocycles. The second kappa shape index (κ2) is 12.3. The molecule has 0 heterocycles. The molecule has 59 valence electrons. The summed E-state index contributed by atoms with van der Waals surface area (Å²) in [7, 11) is 14.9. The fraction of sp³-hybridized carbons (Fsp3) is 0.600. The molecule has 0 bridgehead atoms. The van der Waals surface area contributed by atoms with E-state index in [1.165, 1.54) is 6.42 Å². The van der Waals surface area contributed by atoms with Crippen LogP contribution in [0.4, 0.5) is 0 Å². The SMILES string of the molecule is [CH2-]CCC[CH2-].[Cl][Mo]([Cl])[Cl]. The van der Waals surface area contributed by atoms with Gasteiger partial charge in [0.25, 0.3) is 0 Å². The first-order valence-corrected chi connectivity index (χ1v) is 10.2. The second-order valence-electron chi connectivity index (χ2n) is 1.24. The standard InChI is InChI=1S/C5H10.3ClH.Mo/c1-3-5-4-2;;;;/h1-5H2;3*1H;/q-2;;;;+3/p-3. The van der Waals surface area contributed by atoms with Crippen molar-refractivity contribution in [3.8, 4) is 0 Å². The molecule has 0 fully saturated rings. The van der Waals surface area contributed by atoms with Gasteiger partial charge in [-0.2, -0.15) is 12.8 Å². The van der Waals surface area contributed by atoms with Crippen molar-refractivity contribution >= 4 is 28.3 Å². The van der Waals surface area contributed by atoms with Gasteiger partial charge in [0.1, 0.15) is 0 Å². The van der Waals surface area contributed by atoms with E-state index in [0.717, 1.165) is 12.8 Å². The van der Waals surface area contributed by atoms with Crippen LogP contribution in [0, 0.1) is 13.8 Å². The summed E-state index contributed by atoms with van der Waals surface area (Å²) >= 11 is -1.94. The van der Waals surface area contributed by atoms with Crippen LogP contribution in [0.15, 0.2) is 0 Å². The van der Waals surface area contributed by atoms with Gasteiger partial charge in [-0.05, 0) is 0 Å². The summed E-state index contributed by atoms with van der Waals surface area (Å²) in [5.74, 6) is 0. The Morgan fingerprint density at radius 1 is 1.00 bits per heavy atom. The summed E-state index contributed by atoms with van der Waals surface area (Å²) in [6.07, 6.45) is 3.23. The van der Waals surface area contributed by atoms with Crippen LogP contribution in [0.2, 0.25) is 0 Å². The molecular formula is C5H10Cl3Mo-2. The Balaban J connectivity index is 0. The zero-order valence-corrected chi connectivity index (χ0v) is 9.35. The van der Waals surface area contributed by atoms with Crippen molar-refractivity contribution in [2.75, 3.05) is 0 Å². The topological polar surface area (TPSA) is 0 Å². The summed E-state index contributed by atoms with van der Waals surface area (Å²) in [6, 6.07) is 0. The number of hydrogen-bond acceptors (Lipinski definition) is 0. The van der Waals surface area contributed by atoms with Crippen molar-refractivity contribution in [3.05, 3.63) is 13.8 Å². The molecule has 0 rings (SSSR count). The van der Waals surface area contributed by atoms with Crippen molar-refractivity contribution in [2.45, 2.75) is 19.3 Å². The van der Waals surface area contributed by atoms with Crippen molar-refractivity contribution in [2.24, 2.45) is 0 Å². The molecule has 0 aromatic rings. The molecule has 0 atom stereocenters. The van der Waals surface area contributed by atoms with Crippen LogP contribution >= 0.6 is 28.3 Å². The van der Waals surface area contributed by atoms with Gasteiger partial charge in [0, 0.05) is 0 Å². The summed E-state index contributed by atoms with van der Waals surface area (Å²) in [4.78, 5) is 0. The summed E-state index contributed by atoms with van der Waals surface area (Å²) in [5, 5.41) is 0. The molecule has 0 aliphatic carbocycles. The van der Waals surface area contributed by atoms with E-state index in [4.69, 9.17) is 28.3 Å². The Bertz CT molecular complexity index is 36.4. The van der Waals surface area contributed by atoms with Crippen LogP contribution in [0.25, 0.3) is 0 Å². The first-order chi connectivity index (χ1) is 4.15. The third-order valence-corrected chi connectivity index (χ3v) is 0.500. The predicted octanol–water partition coefficient (Wildman–Crippen LogP) is 3.89. The number of unbranched alkanes of at least 4 members (excludes halogenated alkanes) is 2. The average molecular weight is 272 g/mol. The van der Waals surface area contributed by atoms with Gasteiger partial charge in [-0.25, -0.2) is 0 Å². The number of hydrogen-bond donors (Lipinski definition) is 0. The molecule has 0 spiro atoms. The van der Waals surface area contributed by atoms with Gasteiger partial charge in [0.15, 0.2) is 0 Å². The maximum atomic E-state index is 4.98. The first-order valence-electron chi connectivity index (χ1n) is 2.46. The Morgan fingerprint density at radius 3 is 1.22 bits per heavy atom. The molecule has 0 aliphatic heterocycles. The van der Waals surface area contributed by atoms with Crippen molar-refractivity contribution < 1.29 is 14.2 Å². The van der Waals surface area contributed by atoms with E-state index in [0.29, 0.717) is 0 Å². The van der Waals surface area contributed by atoms with Crippen LogP contribution in [-0.4, -0.2) is 0 Å². The molecular weight excluding hydrogens is 262 g/mol. The molecule has 0 unspecified atom stereocenters. The molecule has 0 saturated heterocycles. The van der Waals surface area contributed by atoms with Gasteiger partial charge in [-0.15, -0.1) is 6.42 Å². The van der Waals surface area contributed by atoms with Gasteiger partial charge in [-0.3, -0.25) is 0 Å². The Kier molecular flexibility index (Phi) is 17.9. The van der Waals surface area contributed by atoms with E-state index in [1.54, 1.807) is 0 Å².